The molecule has 3 amide bonds. The van der Waals surface area contributed by atoms with Gasteiger partial charge in [-0.3, -0.25) is 14.5 Å². The second-order valence-electron chi connectivity index (χ2n) is 8.36. The number of carbonyl (C=O) groups excluding carboxylic acids is 3. The first-order chi connectivity index (χ1) is 13.6. The number of hydrogen-bond acceptors (Lipinski definition) is 4. The molecule has 4 aliphatic rings. The van der Waals surface area contributed by atoms with Crippen molar-refractivity contribution in [3.8, 4) is 0 Å². The van der Waals surface area contributed by atoms with Crippen molar-refractivity contribution in [2.24, 2.45) is 5.92 Å². The predicted octanol–water partition coefficient (Wildman–Crippen LogP) is 1.73. The second-order valence-corrected chi connectivity index (χ2v) is 8.36. The highest BCUT2D eigenvalue weighted by Crippen LogP contribution is 2.41. The minimum atomic E-state index is -0.590. The number of piperazine rings is 1. The Kier molecular flexibility index (Phi) is 4.07. The van der Waals surface area contributed by atoms with Crippen LogP contribution in [0.2, 0.25) is 0 Å². The topological polar surface area (TPSA) is 70.2 Å². The van der Waals surface area contributed by atoms with Crippen LogP contribution in [0.15, 0.2) is 30.3 Å². The summed E-state index contributed by atoms with van der Waals surface area (Å²) >= 11 is 0. The van der Waals surface area contributed by atoms with Gasteiger partial charge in [0.15, 0.2) is 0 Å². The fourth-order valence-electron chi connectivity index (χ4n) is 4.83. The Morgan fingerprint density at radius 3 is 2.36 bits per heavy atom. The van der Waals surface area contributed by atoms with Crippen molar-refractivity contribution in [1.29, 1.82) is 0 Å². The molecule has 5 rings (SSSR count). The van der Waals surface area contributed by atoms with Crippen molar-refractivity contribution < 1.29 is 19.1 Å². The number of hydrogen-bond donors (Lipinski definition) is 0. The number of piperidine rings is 1. The zero-order valence-electron chi connectivity index (χ0n) is 15.9. The number of amides is 3. The monoisotopic (exact) mass is 383 g/mol. The number of rotatable bonds is 2. The summed E-state index contributed by atoms with van der Waals surface area (Å²) in [5.74, 6) is 0.460. The Labute approximate surface area is 164 Å². The Morgan fingerprint density at radius 2 is 1.68 bits per heavy atom. The molecule has 148 valence electrons. The molecule has 1 atom stereocenters. The lowest BCUT2D eigenvalue weighted by atomic mass is 9.82. The number of ether oxygens (including phenoxy) is 1. The summed E-state index contributed by atoms with van der Waals surface area (Å²) in [5.41, 5.74) is 0.0765. The molecule has 3 heterocycles. The van der Waals surface area contributed by atoms with E-state index in [4.69, 9.17) is 4.74 Å². The molecule has 1 aromatic rings. The summed E-state index contributed by atoms with van der Waals surface area (Å²) in [6.45, 7) is 2.74. The fourth-order valence-corrected chi connectivity index (χ4v) is 4.83. The number of likely N-dealkylation sites (tertiary alicyclic amines) is 1. The van der Waals surface area contributed by atoms with Gasteiger partial charge in [-0.05, 0) is 25.0 Å². The van der Waals surface area contributed by atoms with E-state index in [1.54, 1.807) is 4.90 Å². The van der Waals surface area contributed by atoms with E-state index in [0.717, 1.165) is 12.8 Å². The zero-order chi connectivity index (χ0) is 19.3. The number of nitrogens with zero attached hydrogens (tertiary/aromatic N) is 3. The number of carbonyl (C=O) groups is 3. The average Bonchev–Trinajstić information content (AvgIpc) is 3.55. The van der Waals surface area contributed by atoms with E-state index >= 15 is 0 Å². The quantitative estimate of drug-likeness (QED) is 0.780. The highest BCUT2D eigenvalue weighted by atomic mass is 16.6. The van der Waals surface area contributed by atoms with Gasteiger partial charge in [0.25, 0.3) is 5.91 Å². The first kappa shape index (κ1) is 17.5. The largest absolute Gasteiger partial charge is 0.440 e. The maximum atomic E-state index is 12.9. The van der Waals surface area contributed by atoms with Crippen LogP contribution in [0.5, 0.6) is 0 Å². The molecule has 0 radical (unpaired) electrons. The molecule has 7 nitrogen and oxygen atoms in total. The first-order valence-electron chi connectivity index (χ1n) is 10.2. The van der Waals surface area contributed by atoms with Crippen molar-refractivity contribution in [2.45, 2.75) is 37.3 Å². The second kappa shape index (κ2) is 6.50. The Morgan fingerprint density at radius 1 is 0.964 bits per heavy atom. The third-order valence-corrected chi connectivity index (χ3v) is 6.67. The van der Waals surface area contributed by atoms with Crippen molar-refractivity contribution in [3.05, 3.63) is 35.9 Å². The van der Waals surface area contributed by atoms with Gasteiger partial charge in [-0.2, -0.15) is 0 Å². The van der Waals surface area contributed by atoms with Crippen LogP contribution in [0.3, 0.4) is 0 Å². The van der Waals surface area contributed by atoms with Crippen LogP contribution in [0.1, 0.15) is 36.0 Å². The maximum absolute atomic E-state index is 12.9. The van der Waals surface area contributed by atoms with Gasteiger partial charge in [0.05, 0.1) is 6.04 Å². The molecule has 0 bridgehead atoms. The normalized spacial score (nSPS) is 26.2. The minimum absolute atomic E-state index is 0.00361. The molecule has 3 saturated heterocycles. The SMILES string of the molecule is O=C(c1ccccc1)N1CCN2C(=O)OC3(CCN(C(=O)C4CC4)CC3)C2C1. The van der Waals surface area contributed by atoms with E-state index in [0.29, 0.717) is 51.1 Å². The molecule has 3 aliphatic heterocycles. The van der Waals surface area contributed by atoms with Crippen LogP contribution in [-0.2, 0) is 9.53 Å². The van der Waals surface area contributed by atoms with E-state index in [9.17, 15) is 14.4 Å². The summed E-state index contributed by atoms with van der Waals surface area (Å²) in [5, 5.41) is 0. The van der Waals surface area contributed by atoms with Gasteiger partial charge >= 0.3 is 6.09 Å². The molecule has 0 N–H and O–H groups in total. The summed E-state index contributed by atoms with van der Waals surface area (Å²) in [4.78, 5) is 43.3. The van der Waals surface area contributed by atoms with Crippen LogP contribution in [-0.4, -0.2) is 77.0 Å². The number of benzene rings is 1. The van der Waals surface area contributed by atoms with Gasteiger partial charge in [0, 0.05) is 57.0 Å². The van der Waals surface area contributed by atoms with Crippen LogP contribution in [0.4, 0.5) is 4.79 Å². The molecule has 1 aromatic carbocycles. The summed E-state index contributed by atoms with van der Waals surface area (Å²) in [6.07, 6.45) is 3.02. The predicted molar refractivity (Wildman–Crippen MR) is 101 cm³/mol. The molecule has 1 saturated carbocycles. The zero-order valence-corrected chi connectivity index (χ0v) is 15.9. The third kappa shape index (κ3) is 2.84. The molecule has 1 aliphatic carbocycles. The van der Waals surface area contributed by atoms with Crippen molar-refractivity contribution >= 4 is 17.9 Å². The third-order valence-electron chi connectivity index (χ3n) is 6.67. The van der Waals surface area contributed by atoms with Gasteiger partial charge in [-0.25, -0.2) is 4.79 Å². The standard InChI is InChI=1S/C21H25N3O4/c25-18(16-6-7-16)22-10-8-21(9-11-22)17-14-23(12-13-24(17)20(27)28-21)19(26)15-4-2-1-3-5-15/h1-5,16-17H,6-14H2. The van der Waals surface area contributed by atoms with E-state index in [1.165, 1.54) is 0 Å². The van der Waals surface area contributed by atoms with E-state index < -0.39 is 5.60 Å². The highest BCUT2D eigenvalue weighted by Gasteiger charge is 2.57. The smallest absolute Gasteiger partial charge is 0.410 e. The van der Waals surface area contributed by atoms with Gasteiger partial charge in [0.2, 0.25) is 5.91 Å². The molecule has 28 heavy (non-hydrogen) atoms. The van der Waals surface area contributed by atoms with Crippen LogP contribution >= 0.6 is 0 Å². The molecule has 7 heteroatoms. The van der Waals surface area contributed by atoms with Crippen molar-refractivity contribution in [1.82, 2.24) is 14.7 Å². The lowest BCUT2D eigenvalue weighted by Gasteiger charge is -2.45. The van der Waals surface area contributed by atoms with Gasteiger partial charge in [-0.15, -0.1) is 0 Å². The molecular formula is C21H25N3O4. The van der Waals surface area contributed by atoms with Gasteiger partial charge in [0.1, 0.15) is 5.60 Å². The summed E-state index contributed by atoms with van der Waals surface area (Å²) in [7, 11) is 0. The Balaban J connectivity index is 1.31. The summed E-state index contributed by atoms with van der Waals surface area (Å²) in [6, 6.07) is 9.12. The minimum Gasteiger partial charge on any atom is -0.440 e. The van der Waals surface area contributed by atoms with Crippen LogP contribution in [0, 0.1) is 5.92 Å². The molecular weight excluding hydrogens is 358 g/mol. The van der Waals surface area contributed by atoms with Crippen LogP contribution in [0.25, 0.3) is 0 Å². The molecule has 4 fully saturated rings. The van der Waals surface area contributed by atoms with Crippen molar-refractivity contribution in [3.63, 3.8) is 0 Å². The van der Waals surface area contributed by atoms with Crippen molar-refractivity contribution in [2.75, 3.05) is 32.7 Å². The summed E-state index contributed by atoms with van der Waals surface area (Å²) < 4.78 is 5.89. The molecule has 1 spiro atoms. The van der Waals surface area contributed by atoms with E-state index in [-0.39, 0.29) is 29.9 Å². The first-order valence-corrected chi connectivity index (χ1v) is 10.2. The van der Waals surface area contributed by atoms with Gasteiger partial charge < -0.3 is 14.5 Å². The Hall–Kier alpha value is -2.57. The lowest BCUT2D eigenvalue weighted by Crippen LogP contribution is -2.61. The lowest BCUT2D eigenvalue weighted by molar-refractivity contribution is -0.136. The highest BCUT2D eigenvalue weighted by molar-refractivity contribution is 5.94. The maximum Gasteiger partial charge on any atom is 0.410 e. The average molecular weight is 383 g/mol. The van der Waals surface area contributed by atoms with E-state index in [2.05, 4.69) is 0 Å². The van der Waals surface area contributed by atoms with Crippen LogP contribution < -0.4 is 0 Å². The van der Waals surface area contributed by atoms with Gasteiger partial charge in [-0.1, -0.05) is 18.2 Å². The molecule has 1 unspecified atom stereocenters. The Bertz CT molecular complexity index is 799. The number of fused-ring (bicyclic) bond motifs is 2. The van der Waals surface area contributed by atoms with E-state index in [1.807, 2.05) is 40.1 Å². The fraction of sp³-hybridized carbons (Fsp3) is 0.571. The molecule has 0 aromatic heterocycles.